The van der Waals surface area contributed by atoms with Gasteiger partial charge in [0.25, 0.3) is 0 Å². The van der Waals surface area contributed by atoms with Crippen molar-refractivity contribution in [1.82, 2.24) is 5.32 Å². The van der Waals surface area contributed by atoms with E-state index in [-0.39, 0.29) is 24.0 Å². The Labute approximate surface area is 92.2 Å². The minimum Gasteiger partial charge on any atom is -0.396 e. The first-order valence-electron chi connectivity index (χ1n) is 5.50. The molecule has 0 aliphatic rings. The average molecular weight is 216 g/mol. The van der Waals surface area contributed by atoms with Crippen molar-refractivity contribution in [3.8, 4) is 0 Å². The number of nitrogens with two attached hydrogens (primary N) is 1. The summed E-state index contributed by atoms with van der Waals surface area (Å²) in [7, 11) is 0. The Balaban J connectivity index is 3.58. The van der Waals surface area contributed by atoms with Crippen LogP contribution in [0.3, 0.4) is 0 Å². The van der Waals surface area contributed by atoms with Gasteiger partial charge in [-0.05, 0) is 19.8 Å². The molecule has 1 unspecified atom stereocenters. The molecule has 0 aliphatic carbocycles. The Hall–Kier alpha value is -0.610. The molecule has 0 aromatic heterocycles. The number of carbonyl (C=O) groups is 1. The summed E-state index contributed by atoms with van der Waals surface area (Å²) in [5.41, 5.74) is 5.34. The van der Waals surface area contributed by atoms with E-state index in [4.69, 9.17) is 10.8 Å². The summed E-state index contributed by atoms with van der Waals surface area (Å²) in [6.07, 6.45) is 2.21. The van der Waals surface area contributed by atoms with Gasteiger partial charge >= 0.3 is 0 Å². The van der Waals surface area contributed by atoms with E-state index in [2.05, 4.69) is 5.32 Å². The number of amides is 1. The number of rotatable bonds is 7. The Morgan fingerprint density at radius 2 is 2.13 bits per heavy atom. The fraction of sp³-hybridized carbons (Fsp3) is 0.909. The first kappa shape index (κ1) is 14.4. The van der Waals surface area contributed by atoms with Gasteiger partial charge in [-0.25, -0.2) is 0 Å². The topological polar surface area (TPSA) is 75.4 Å². The van der Waals surface area contributed by atoms with E-state index in [1.807, 2.05) is 20.8 Å². The first-order chi connectivity index (χ1) is 6.87. The molecule has 0 radical (unpaired) electrons. The highest BCUT2D eigenvalue weighted by Gasteiger charge is 2.17. The molecule has 0 aromatic rings. The van der Waals surface area contributed by atoms with Crippen LogP contribution in [0.2, 0.25) is 0 Å². The molecule has 0 saturated heterocycles. The van der Waals surface area contributed by atoms with Crippen molar-refractivity contribution in [2.45, 2.75) is 46.1 Å². The van der Waals surface area contributed by atoms with E-state index in [1.165, 1.54) is 0 Å². The van der Waals surface area contributed by atoms with Crippen molar-refractivity contribution in [3.05, 3.63) is 0 Å². The number of aliphatic hydroxyl groups is 1. The highest BCUT2D eigenvalue weighted by molar-refractivity contribution is 5.75. The van der Waals surface area contributed by atoms with Crippen LogP contribution in [-0.2, 0) is 4.79 Å². The fourth-order valence-corrected chi connectivity index (χ4v) is 1.07. The number of nitrogens with one attached hydrogen (secondary N) is 1. The van der Waals surface area contributed by atoms with E-state index in [0.29, 0.717) is 13.0 Å². The van der Waals surface area contributed by atoms with Crippen LogP contribution >= 0.6 is 0 Å². The molecule has 0 heterocycles. The summed E-state index contributed by atoms with van der Waals surface area (Å²) >= 11 is 0. The zero-order chi connectivity index (χ0) is 11.9. The summed E-state index contributed by atoms with van der Waals surface area (Å²) in [5.74, 6) is 0.0391. The van der Waals surface area contributed by atoms with Crippen molar-refractivity contribution in [3.63, 3.8) is 0 Å². The van der Waals surface area contributed by atoms with Gasteiger partial charge in [0.15, 0.2) is 0 Å². The van der Waals surface area contributed by atoms with Gasteiger partial charge < -0.3 is 16.2 Å². The normalized spacial score (nSPS) is 13.7. The molecule has 4 N–H and O–H groups in total. The summed E-state index contributed by atoms with van der Waals surface area (Å²) in [4.78, 5) is 11.4. The number of aliphatic hydroxyl groups excluding tert-OH is 1. The van der Waals surface area contributed by atoms with Crippen LogP contribution in [0.25, 0.3) is 0 Å². The van der Waals surface area contributed by atoms with Crippen molar-refractivity contribution >= 4 is 5.91 Å². The maximum Gasteiger partial charge on any atom is 0.220 e. The standard InChI is InChI=1S/C11H24N2O2/c1-9(12)5-4-6-10(15)13-7-11(2,3)8-14/h9,14H,4-8,12H2,1-3H3,(H,13,15). The summed E-state index contributed by atoms with van der Waals surface area (Å²) < 4.78 is 0. The molecular weight excluding hydrogens is 192 g/mol. The quantitative estimate of drug-likeness (QED) is 0.584. The van der Waals surface area contributed by atoms with Gasteiger partial charge in [0.05, 0.1) is 0 Å². The van der Waals surface area contributed by atoms with Crippen LogP contribution in [0.4, 0.5) is 0 Å². The minimum atomic E-state index is -0.239. The highest BCUT2D eigenvalue weighted by Crippen LogP contribution is 2.11. The van der Waals surface area contributed by atoms with Gasteiger partial charge in [-0.15, -0.1) is 0 Å². The third kappa shape index (κ3) is 8.39. The number of hydrogen-bond acceptors (Lipinski definition) is 3. The van der Waals surface area contributed by atoms with E-state index >= 15 is 0 Å². The van der Waals surface area contributed by atoms with Gasteiger partial charge in [-0.1, -0.05) is 13.8 Å². The third-order valence-electron chi connectivity index (χ3n) is 2.26. The number of carbonyl (C=O) groups excluding carboxylic acids is 1. The average Bonchev–Trinajstić information content (AvgIpc) is 2.14. The van der Waals surface area contributed by atoms with Crippen molar-refractivity contribution in [2.24, 2.45) is 11.1 Å². The van der Waals surface area contributed by atoms with Crippen LogP contribution in [0.15, 0.2) is 0 Å². The molecule has 1 atom stereocenters. The lowest BCUT2D eigenvalue weighted by atomic mass is 9.95. The third-order valence-corrected chi connectivity index (χ3v) is 2.26. The summed E-state index contributed by atoms with van der Waals surface area (Å²) in [6.45, 7) is 6.35. The first-order valence-corrected chi connectivity index (χ1v) is 5.50. The largest absolute Gasteiger partial charge is 0.396 e. The molecular formula is C11H24N2O2. The molecule has 4 nitrogen and oxygen atoms in total. The van der Waals surface area contributed by atoms with Gasteiger partial charge in [0.2, 0.25) is 5.91 Å². The molecule has 0 spiro atoms. The maximum atomic E-state index is 11.4. The lowest BCUT2D eigenvalue weighted by Gasteiger charge is -2.21. The van der Waals surface area contributed by atoms with Crippen molar-refractivity contribution in [1.29, 1.82) is 0 Å². The monoisotopic (exact) mass is 216 g/mol. The predicted molar refractivity (Wildman–Crippen MR) is 61.4 cm³/mol. The molecule has 0 rings (SSSR count). The zero-order valence-corrected chi connectivity index (χ0v) is 10.0. The van der Waals surface area contributed by atoms with Crippen molar-refractivity contribution in [2.75, 3.05) is 13.2 Å². The highest BCUT2D eigenvalue weighted by atomic mass is 16.3. The van der Waals surface area contributed by atoms with Gasteiger partial charge in [0, 0.05) is 31.0 Å². The predicted octanol–water partition coefficient (Wildman–Crippen LogP) is 0.639. The molecule has 4 heteroatoms. The molecule has 0 aliphatic heterocycles. The molecule has 0 bridgehead atoms. The van der Waals surface area contributed by atoms with Crippen LogP contribution in [0.5, 0.6) is 0 Å². The Kier molecular flexibility index (Phi) is 6.52. The summed E-state index contributed by atoms with van der Waals surface area (Å²) in [5, 5.41) is 11.8. The van der Waals surface area contributed by atoms with Crippen LogP contribution in [-0.4, -0.2) is 30.2 Å². The Morgan fingerprint density at radius 1 is 1.53 bits per heavy atom. The van der Waals surface area contributed by atoms with Crippen molar-refractivity contribution < 1.29 is 9.90 Å². The number of hydrogen-bond donors (Lipinski definition) is 3. The molecule has 1 amide bonds. The second-order valence-electron chi connectivity index (χ2n) is 4.97. The molecule has 0 fully saturated rings. The SMILES string of the molecule is CC(N)CCCC(=O)NCC(C)(C)CO. The van der Waals surface area contributed by atoms with Crippen LogP contribution < -0.4 is 11.1 Å². The fourth-order valence-electron chi connectivity index (χ4n) is 1.07. The molecule has 0 aromatic carbocycles. The van der Waals surface area contributed by atoms with Gasteiger partial charge in [-0.3, -0.25) is 4.79 Å². The van der Waals surface area contributed by atoms with E-state index in [9.17, 15) is 4.79 Å². The van der Waals surface area contributed by atoms with Gasteiger partial charge in [-0.2, -0.15) is 0 Å². The van der Waals surface area contributed by atoms with E-state index < -0.39 is 0 Å². The second-order valence-corrected chi connectivity index (χ2v) is 4.97. The second kappa shape index (κ2) is 6.80. The molecule has 15 heavy (non-hydrogen) atoms. The van der Waals surface area contributed by atoms with E-state index in [1.54, 1.807) is 0 Å². The smallest absolute Gasteiger partial charge is 0.220 e. The molecule has 0 saturated carbocycles. The minimum absolute atomic E-state index is 0.0391. The summed E-state index contributed by atoms with van der Waals surface area (Å²) in [6, 6.07) is 0.159. The van der Waals surface area contributed by atoms with Crippen LogP contribution in [0, 0.1) is 5.41 Å². The maximum absolute atomic E-state index is 11.4. The lowest BCUT2D eigenvalue weighted by molar-refractivity contribution is -0.121. The van der Waals surface area contributed by atoms with E-state index in [0.717, 1.165) is 12.8 Å². The Morgan fingerprint density at radius 3 is 2.60 bits per heavy atom. The molecule has 90 valence electrons. The Bertz CT molecular complexity index is 191. The zero-order valence-electron chi connectivity index (χ0n) is 10.0. The lowest BCUT2D eigenvalue weighted by Crippen LogP contribution is -2.36. The van der Waals surface area contributed by atoms with Gasteiger partial charge in [0.1, 0.15) is 0 Å². The van der Waals surface area contributed by atoms with Crippen LogP contribution in [0.1, 0.15) is 40.0 Å².